The number of aryl methyl sites for hydroxylation is 2. The molecule has 2 aromatic heterocycles. The highest BCUT2D eigenvalue weighted by Crippen LogP contribution is 2.38. The van der Waals surface area contributed by atoms with Gasteiger partial charge in [0.1, 0.15) is 5.75 Å². The molecule has 158 valence electrons. The number of H-pyrrole nitrogens is 1. The van der Waals surface area contributed by atoms with Crippen LogP contribution in [0.5, 0.6) is 5.75 Å². The maximum Gasteiger partial charge on any atom is 0.345 e. The summed E-state index contributed by atoms with van der Waals surface area (Å²) in [5.41, 5.74) is 3.89. The first kappa shape index (κ1) is 20.2. The Balaban J connectivity index is 1.85. The number of carbonyl (C=O) groups is 1. The van der Waals surface area contributed by atoms with Crippen LogP contribution in [0.4, 0.5) is 0 Å². The number of benzene rings is 1. The number of aromatic hydroxyl groups is 1. The molecular weight excluding hydrogens is 382 g/mol. The van der Waals surface area contributed by atoms with Crippen molar-refractivity contribution < 1.29 is 15.0 Å². The van der Waals surface area contributed by atoms with Gasteiger partial charge in [-0.1, -0.05) is 13.8 Å². The molecule has 4 rings (SSSR count). The van der Waals surface area contributed by atoms with Crippen LogP contribution in [-0.4, -0.2) is 32.3 Å². The Hall–Kier alpha value is -3.06. The van der Waals surface area contributed by atoms with Crippen LogP contribution in [0.15, 0.2) is 23.0 Å². The van der Waals surface area contributed by atoms with Crippen molar-refractivity contribution in [2.24, 2.45) is 13.0 Å². The number of aromatic nitrogens is 2. The van der Waals surface area contributed by atoms with Crippen molar-refractivity contribution in [2.45, 2.75) is 39.7 Å². The summed E-state index contributed by atoms with van der Waals surface area (Å²) in [7, 11) is 2.05. The zero-order valence-electron chi connectivity index (χ0n) is 17.5. The number of nitrogens with one attached hydrogen (secondary N) is 2. The summed E-state index contributed by atoms with van der Waals surface area (Å²) < 4.78 is 2.18. The molecule has 4 N–H and O–H groups in total. The predicted molar refractivity (Wildman–Crippen MR) is 116 cm³/mol. The van der Waals surface area contributed by atoms with Crippen molar-refractivity contribution in [1.82, 2.24) is 14.9 Å². The molecule has 3 aromatic rings. The Bertz CT molecular complexity index is 1200. The van der Waals surface area contributed by atoms with Gasteiger partial charge in [-0.15, -0.1) is 0 Å². The van der Waals surface area contributed by atoms with Gasteiger partial charge in [0.25, 0.3) is 5.56 Å². The second kappa shape index (κ2) is 7.65. The second-order valence-electron chi connectivity index (χ2n) is 8.48. The third kappa shape index (κ3) is 3.39. The Morgan fingerprint density at radius 1 is 1.27 bits per heavy atom. The number of fused-ring (bicyclic) bond motifs is 4. The molecule has 0 aliphatic heterocycles. The molecule has 1 aliphatic rings. The first-order valence-electron chi connectivity index (χ1n) is 10.3. The Kier molecular flexibility index (Phi) is 5.15. The van der Waals surface area contributed by atoms with Gasteiger partial charge in [0.15, 0.2) is 5.56 Å². The molecule has 30 heavy (non-hydrogen) atoms. The number of carboxylic acid groups (broad SMARTS) is 1. The minimum atomic E-state index is -1.42. The SMILES string of the molecule is CC(C)CNCc1cc2cc3c(cc2n1C)CCCc1c-3[nH]c(=O)c(C(=O)O)c1O. The van der Waals surface area contributed by atoms with Crippen LogP contribution in [0.2, 0.25) is 0 Å². The van der Waals surface area contributed by atoms with Gasteiger partial charge in [-0.05, 0) is 55.5 Å². The Morgan fingerprint density at radius 2 is 2.03 bits per heavy atom. The molecule has 0 bridgehead atoms. The summed E-state index contributed by atoms with van der Waals surface area (Å²) in [4.78, 5) is 26.5. The van der Waals surface area contributed by atoms with Crippen molar-refractivity contribution in [3.8, 4) is 17.0 Å². The highest BCUT2D eigenvalue weighted by Gasteiger charge is 2.26. The van der Waals surface area contributed by atoms with Crippen molar-refractivity contribution in [3.05, 3.63) is 50.9 Å². The van der Waals surface area contributed by atoms with E-state index in [1.165, 1.54) is 5.69 Å². The number of rotatable bonds is 5. The topological polar surface area (TPSA) is 107 Å². The molecule has 0 amide bonds. The van der Waals surface area contributed by atoms with Crippen molar-refractivity contribution >= 4 is 16.9 Å². The molecule has 7 nitrogen and oxygen atoms in total. The van der Waals surface area contributed by atoms with Gasteiger partial charge in [-0.25, -0.2) is 4.79 Å². The van der Waals surface area contributed by atoms with Crippen LogP contribution >= 0.6 is 0 Å². The molecule has 7 heteroatoms. The average molecular weight is 409 g/mol. The van der Waals surface area contributed by atoms with Crippen molar-refractivity contribution in [3.63, 3.8) is 0 Å². The molecule has 0 fully saturated rings. The molecule has 0 unspecified atom stereocenters. The molecule has 2 heterocycles. The summed E-state index contributed by atoms with van der Waals surface area (Å²) in [6.45, 7) is 6.06. The zero-order chi connectivity index (χ0) is 21.6. The first-order valence-corrected chi connectivity index (χ1v) is 10.3. The van der Waals surface area contributed by atoms with E-state index >= 15 is 0 Å². The predicted octanol–water partition coefficient (Wildman–Crippen LogP) is 3.17. The summed E-state index contributed by atoms with van der Waals surface area (Å²) in [5.74, 6) is -1.26. The summed E-state index contributed by atoms with van der Waals surface area (Å²) >= 11 is 0. The van der Waals surface area contributed by atoms with Crippen molar-refractivity contribution in [2.75, 3.05) is 6.54 Å². The molecular formula is C23H27N3O4. The van der Waals surface area contributed by atoms with Crippen LogP contribution in [0.25, 0.3) is 22.2 Å². The van der Waals surface area contributed by atoms with Crippen LogP contribution in [0.3, 0.4) is 0 Å². The van der Waals surface area contributed by atoms with Gasteiger partial charge in [-0.3, -0.25) is 4.79 Å². The number of hydrogen-bond acceptors (Lipinski definition) is 4. The van der Waals surface area contributed by atoms with E-state index in [4.69, 9.17) is 0 Å². The molecule has 0 saturated carbocycles. The van der Waals surface area contributed by atoms with Gasteiger partial charge in [-0.2, -0.15) is 0 Å². The van der Waals surface area contributed by atoms with Crippen LogP contribution in [0, 0.1) is 5.92 Å². The summed E-state index contributed by atoms with van der Waals surface area (Å²) in [6.07, 6.45) is 2.06. The zero-order valence-corrected chi connectivity index (χ0v) is 17.5. The van der Waals surface area contributed by atoms with Gasteiger partial charge in [0.2, 0.25) is 0 Å². The lowest BCUT2D eigenvalue weighted by Crippen LogP contribution is -2.20. The summed E-state index contributed by atoms with van der Waals surface area (Å²) in [5, 5.41) is 24.4. The number of pyridine rings is 1. The number of aromatic carboxylic acids is 1. The molecule has 1 aliphatic carbocycles. The van der Waals surface area contributed by atoms with E-state index in [2.05, 4.69) is 47.9 Å². The smallest absolute Gasteiger partial charge is 0.345 e. The van der Waals surface area contributed by atoms with Crippen LogP contribution in [0.1, 0.15) is 47.4 Å². The lowest BCUT2D eigenvalue weighted by molar-refractivity contribution is 0.0691. The highest BCUT2D eigenvalue weighted by molar-refractivity contribution is 5.93. The van der Waals surface area contributed by atoms with Crippen LogP contribution in [-0.2, 0) is 26.4 Å². The fourth-order valence-electron chi connectivity index (χ4n) is 4.34. The standard InChI is InChI=1S/C23H27N3O4/c1-12(2)10-24-11-15-7-14-8-17-13(9-18(14)26(15)3)5-4-6-16-20(17)25-22(28)19(21(16)27)23(29)30/h7-9,12,24H,4-6,10-11H2,1-3H3,(H,29,30)(H2,25,27,28). The number of hydrogen-bond donors (Lipinski definition) is 4. The molecule has 0 spiro atoms. The van der Waals surface area contributed by atoms with E-state index < -0.39 is 22.8 Å². The lowest BCUT2D eigenvalue weighted by Gasteiger charge is -2.13. The van der Waals surface area contributed by atoms with Gasteiger partial charge in [0, 0.05) is 41.3 Å². The normalized spacial score (nSPS) is 13.3. The van der Waals surface area contributed by atoms with Gasteiger partial charge >= 0.3 is 5.97 Å². The average Bonchev–Trinajstić information content (AvgIpc) is 2.85. The Morgan fingerprint density at radius 3 is 2.73 bits per heavy atom. The van der Waals surface area contributed by atoms with Crippen molar-refractivity contribution in [1.29, 1.82) is 0 Å². The second-order valence-corrected chi connectivity index (χ2v) is 8.48. The Labute approximate surface area is 174 Å². The third-order valence-corrected chi connectivity index (χ3v) is 5.87. The number of aromatic amines is 1. The van der Waals surface area contributed by atoms with E-state index in [9.17, 15) is 19.8 Å². The molecule has 1 aromatic carbocycles. The third-order valence-electron chi connectivity index (χ3n) is 5.87. The minimum Gasteiger partial charge on any atom is -0.506 e. The fourth-order valence-corrected chi connectivity index (χ4v) is 4.34. The lowest BCUT2D eigenvalue weighted by atomic mass is 9.98. The quantitative estimate of drug-likeness (QED) is 0.518. The summed E-state index contributed by atoms with van der Waals surface area (Å²) in [6, 6.07) is 6.32. The number of nitrogens with zero attached hydrogens (tertiary/aromatic N) is 1. The molecule has 0 atom stereocenters. The highest BCUT2D eigenvalue weighted by atomic mass is 16.4. The minimum absolute atomic E-state index is 0.416. The monoisotopic (exact) mass is 409 g/mol. The number of carboxylic acids is 1. The molecule has 0 saturated heterocycles. The van der Waals surface area contributed by atoms with Gasteiger partial charge < -0.3 is 25.1 Å². The van der Waals surface area contributed by atoms with E-state index in [1.807, 2.05) is 6.07 Å². The van der Waals surface area contributed by atoms with Crippen LogP contribution < -0.4 is 10.9 Å². The maximum atomic E-state index is 12.4. The first-order chi connectivity index (χ1) is 14.3. The fraction of sp³-hybridized carbons (Fsp3) is 0.391. The van der Waals surface area contributed by atoms with Gasteiger partial charge in [0.05, 0.1) is 5.69 Å². The maximum absolute atomic E-state index is 12.4. The van der Waals surface area contributed by atoms with E-state index in [-0.39, 0.29) is 0 Å². The van der Waals surface area contributed by atoms with E-state index in [0.717, 1.165) is 48.0 Å². The van der Waals surface area contributed by atoms with E-state index in [1.54, 1.807) is 0 Å². The van der Waals surface area contributed by atoms with E-state index in [0.29, 0.717) is 23.6 Å². The molecule has 0 radical (unpaired) electrons. The largest absolute Gasteiger partial charge is 0.506 e.